The Morgan fingerprint density at radius 3 is 1.44 bits per heavy atom. The highest BCUT2D eigenvalue weighted by Crippen LogP contribution is 2.14. The Morgan fingerprint density at radius 1 is 0.720 bits per heavy atom. The first kappa shape index (κ1) is 24.9. The molecule has 0 aromatic heterocycles. The van der Waals surface area contributed by atoms with Gasteiger partial charge in [0, 0.05) is 12.7 Å². The number of thiocarbonyl (C=S) groups is 1. The zero-order chi connectivity index (χ0) is 18.6. The zero-order valence-electron chi connectivity index (χ0n) is 16.7. The molecular formula is C21H41NOS2. The first-order chi connectivity index (χ1) is 12.2. The van der Waals surface area contributed by atoms with E-state index in [4.69, 9.17) is 12.2 Å². The number of hydrogen-bond donors (Lipinski definition) is 1. The summed E-state index contributed by atoms with van der Waals surface area (Å²) in [5.41, 5.74) is 0. The van der Waals surface area contributed by atoms with Crippen LogP contribution in [0.3, 0.4) is 0 Å². The molecule has 1 N–H and O–H groups in total. The number of unbranched alkanes of at least 4 members (excludes halogenated alkanes) is 15. The molecule has 0 aromatic rings. The maximum atomic E-state index is 10.8. The molecule has 0 rings (SSSR count). The third kappa shape index (κ3) is 21.9. The summed E-state index contributed by atoms with van der Waals surface area (Å²) < 4.78 is 0.619. The summed E-state index contributed by atoms with van der Waals surface area (Å²) in [4.78, 5) is 10.8. The molecule has 2 nitrogen and oxygen atoms in total. The lowest BCUT2D eigenvalue weighted by Crippen LogP contribution is -2.23. The van der Waals surface area contributed by atoms with Crippen molar-refractivity contribution in [3.63, 3.8) is 0 Å². The molecule has 0 aliphatic carbocycles. The van der Waals surface area contributed by atoms with Gasteiger partial charge in [-0.1, -0.05) is 127 Å². The van der Waals surface area contributed by atoms with E-state index in [-0.39, 0.29) is 5.91 Å². The fraction of sp³-hybridized carbons (Fsp3) is 0.905. The monoisotopic (exact) mass is 387 g/mol. The topological polar surface area (TPSA) is 29.1 Å². The van der Waals surface area contributed by atoms with Crippen molar-refractivity contribution in [3.8, 4) is 0 Å². The Hall–Kier alpha value is -0.0900. The first-order valence-electron chi connectivity index (χ1n) is 10.6. The van der Waals surface area contributed by atoms with Crippen LogP contribution in [0.15, 0.2) is 0 Å². The van der Waals surface area contributed by atoms with E-state index in [1.54, 1.807) is 11.8 Å². The maximum absolute atomic E-state index is 10.8. The predicted molar refractivity (Wildman–Crippen MR) is 118 cm³/mol. The highest BCUT2D eigenvalue weighted by Gasteiger charge is 1.99. The molecule has 0 heterocycles. The van der Waals surface area contributed by atoms with Crippen LogP contribution < -0.4 is 5.32 Å². The molecule has 4 heteroatoms. The maximum Gasteiger partial charge on any atom is 0.222 e. The van der Waals surface area contributed by atoms with Crippen molar-refractivity contribution in [2.24, 2.45) is 0 Å². The van der Waals surface area contributed by atoms with Crippen LogP contribution in [-0.2, 0) is 4.79 Å². The summed E-state index contributed by atoms with van der Waals surface area (Å²) in [5.74, 6) is 0.960. The van der Waals surface area contributed by atoms with Crippen LogP contribution in [-0.4, -0.2) is 16.0 Å². The van der Waals surface area contributed by atoms with Gasteiger partial charge in [-0.15, -0.1) is 0 Å². The second kappa shape index (κ2) is 20.2. The molecule has 0 aliphatic heterocycles. The van der Waals surface area contributed by atoms with E-state index in [2.05, 4.69) is 12.2 Å². The Bertz CT molecular complexity index is 321. The van der Waals surface area contributed by atoms with Gasteiger partial charge in [0.25, 0.3) is 0 Å². The van der Waals surface area contributed by atoms with E-state index in [0.29, 0.717) is 4.32 Å². The first-order valence-corrected chi connectivity index (χ1v) is 12.0. The molecule has 0 fully saturated rings. The molecule has 0 aromatic carbocycles. The predicted octanol–water partition coefficient (Wildman–Crippen LogP) is 7.40. The SMILES string of the molecule is CCCCCCCCCCCCCCCCCCSC(=S)NC(C)=O. The van der Waals surface area contributed by atoms with Crippen LogP contribution in [0.5, 0.6) is 0 Å². The molecule has 25 heavy (non-hydrogen) atoms. The number of carbonyl (C=O) groups is 1. The van der Waals surface area contributed by atoms with Gasteiger partial charge in [0.05, 0.1) is 0 Å². The van der Waals surface area contributed by atoms with Crippen LogP contribution >= 0.6 is 24.0 Å². The quantitative estimate of drug-likeness (QED) is 0.208. The van der Waals surface area contributed by atoms with Gasteiger partial charge in [0.1, 0.15) is 4.32 Å². The highest BCUT2D eigenvalue weighted by atomic mass is 32.2. The second-order valence-electron chi connectivity index (χ2n) is 7.12. The average Bonchev–Trinajstić information content (AvgIpc) is 2.57. The fourth-order valence-electron chi connectivity index (χ4n) is 2.99. The average molecular weight is 388 g/mol. The lowest BCUT2D eigenvalue weighted by atomic mass is 10.0. The summed E-state index contributed by atoms with van der Waals surface area (Å²) in [6, 6.07) is 0. The van der Waals surface area contributed by atoms with Crippen LogP contribution in [0, 0.1) is 0 Å². The lowest BCUT2D eigenvalue weighted by Gasteiger charge is -2.04. The van der Waals surface area contributed by atoms with Gasteiger partial charge in [-0.25, -0.2) is 0 Å². The van der Waals surface area contributed by atoms with Crippen LogP contribution in [0.25, 0.3) is 0 Å². The van der Waals surface area contributed by atoms with E-state index in [1.807, 2.05) is 0 Å². The molecule has 148 valence electrons. The Balaban J connectivity index is 3.07. The number of hydrogen-bond acceptors (Lipinski definition) is 3. The van der Waals surface area contributed by atoms with Gasteiger partial charge in [-0.3, -0.25) is 4.79 Å². The van der Waals surface area contributed by atoms with E-state index >= 15 is 0 Å². The van der Waals surface area contributed by atoms with Crippen molar-refractivity contribution in [1.29, 1.82) is 0 Å². The van der Waals surface area contributed by atoms with Crippen molar-refractivity contribution >= 4 is 34.2 Å². The van der Waals surface area contributed by atoms with Gasteiger partial charge in [-0.05, 0) is 6.42 Å². The smallest absolute Gasteiger partial charge is 0.222 e. The Labute approximate surface area is 166 Å². The molecule has 0 radical (unpaired) electrons. The molecule has 0 saturated carbocycles. The van der Waals surface area contributed by atoms with Crippen LogP contribution in [0.2, 0.25) is 0 Å². The molecule has 1 amide bonds. The van der Waals surface area contributed by atoms with Crippen molar-refractivity contribution in [1.82, 2.24) is 5.32 Å². The second-order valence-corrected chi connectivity index (χ2v) is 8.89. The van der Waals surface area contributed by atoms with Crippen LogP contribution in [0.1, 0.15) is 117 Å². The Kier molecular flexibility index (Phi) is 20.2. The van der Waals surface area contributed by atoms with Gasteiger partial charge < -0.3 is 5.32 Å². The Morgan fingerprint density at radius 2 is 1.08 bits per heavy atom. The highest BCUT2D eigenvalue weighted by molar-refractivity contribution is 8.23. The third-order valence-electron chi connectivity index (χ3n) is 4.51. The van der Waals surface area contributed by atoms with E-state index in [9.17, 15) is 4.79 Å². The van der Waals surface area contributed by atoms with Gasteiger partial charge >= 0.3 is 0 Å². The summed E-state index contributed by atoms with van der Waals surface area (Å²) in [6.45, 7) is 3.78. The largest absolute Gasteiger partial charge is 0.312 e. The van der Waals surface area contributed by atoms with Crippen LogP contribution in [0.4, 0.5) is 0 Å². The van der Waals surface area contributed by atoms with Crippen molar-refractivity contribution in [2.75, 3.05) is 5.75 Å². The lowest BCUT2D eigenvalue weighted by molar-refractivity contribution is -0.117. The number of thioether (sulfide) groups is 1. The molecule has 0 atom stereocenters. The van der Waals surface area contributed by atoms with Gasteiger partial charge in [-0.2, -0.15) is 0 Å². The summed E-state index contributed by atoms with van der Waals surface area (Å²) in [5, 5.41) is 2.65. The van der Waals surface area contributed by atoms with E-state index < -0.39 is 0 Å². The number of carbonyl (C=O) groups excluding carboxylic acids is 1. The number of rotatable bonds is 17. The van der Waals surface area contributed by atoms with E-state index in [0.717, 1.165) is 5.75 Å². The number of amides is 1. The van der Waals surface area contributed by atoms with Crippen molar-refractivity contribution in [2.45, 2.75) is 117 Å². The molecule has 0 unspecified atom stereocenters. The van der Waals surface area contributed by atoms with Gasteiger partial charge in [0.15, 0.2) is 0 Å². The van der Waals surface area contributed by atoms with Crippen molar-refractivity contribution < 1.29 is 4.79 Å². The third-order valence-corrected chi connectivity index (χ3v) is 5.82. The summed E-state index contributed by atoms with van der Waals surface area (Å²) in [6.07, 6.45) is 22.3. The standard InChI is InChI=1S/C21H41NOS2/c1-3-4-5-6-7-8-9-10-11-12-13-14-15-16-17-18-19-25-21(24)22-20(2)23/h3-19H2,1-2H3,(H,22,23,24). The molecule has 0 saturated heterocycles. The number of nitrogens with one attached hydrogen (secondary N) is 1. The minimum absolute atomic E-state index is 0.0653. The summed E-state index contributed by atoms with van der Waals surface area (Å²) in [7, 11) is 0. The van der Waals surface area contributed by atoms with E-state index in [1.165, 1.54) is 110 Å². The summed E-state index contributed by atoms with van der Waals surface area (Å²) >= 11 is 6.66. The zero-order valence-corrected chi connectivity index (χ0v) is 18.4. The van der Waals surface area contributed by atoms with Gasteiger partial charge in [0.2, 0.25) is 5.91 Å². The fourth-order valence-corrected chi connectivity index (χ4v) is 4.14. The molecule has 0 bridgehead atoms. The molecular weight excluding hydrogens is 346 g/mol. The minimum atomic E-state index is -0.0653. The normalized spacial score (nSPS) is 10.8. The molecule has 0 spiro atoms. The molecule has 0 aliphatic rings. The van der Waals surface area contributed by atoms with Crippen molar-refractivity contribution in [3.05, 3.63) is 0 Å². The minimum Gasteiger partial charge on any atom is -0.312 e.